The molecule has 3 aliphatic rings. The lowest BCUT2D eigenvalue weighted by atomic mass is 9.81. The van der Waals surface area contributed by atoms with Crippen LogP contribution in [0.5, 0.6) is 0 Å². The first kappa shape index (κ1) is 23.6. The largest absolute Gasteiger partial charge is 0.381 e. The van der Waals surface area contributed by atoms with Crippen LogP contribution in [-0.4, -0.2) is 64.9 Å². The van der Waals surface area contributed by atoms with Crippen molar-refractivity contribution in [1.82, 2.24) is 20.1 Å². The quantitative estimate of drug-likeness (QED) is 0.668. The fraction of sp³-hybridized carbons (Fsp3) is 0.481. The third kappa shape index (κ3) is 4.60. The maximum absolute atomic E-state index is 13.0. The molecule has 2 aromatic rings. The van der Waals surface area contributed by atoms with E-state index in [1.54, 1.807) is 12.0 Å². The van der Waals surface area contributed by atoms with Crippen molar-refractivity contribution in [1.29, 1.82) is 0 Å². The van der Waals surface area contributed by atoms with Gasteiger partial charge in [0.1, 0.15) is 6.04 Å². The van der Waals surface area contributed by atoms with Gasteiger partial charge < -0.3 is 9.64 Å². The van der Waals surface area contributed by atoms with Crippen LogP contribution in [0.15, 0.2) is 36.5 Å². The maximum Gasteiger partial charge on any atom is 0.255 e. The number of pyridine rings is 1. The third-order valence-corrected chi connectivity index (χ3v) is 7.54. The molecule has 4 heterocycles. The highest BCUT2D eigenvalue weighted by Gasteiger charge is 2.39. The summed E-state index contributed by atoms with van der Waals surface area (Å²) in [4.78, 5) is 45.4. The summed E-state index contributed by atoms with van der Waals surface area (Å²) < 4.78 is 5.68. The Morgan fingerprint density at radius 3 is 2.71 bits per heavy atom. The number of ether oxygens (including phenoxy) is 1. The Balaban J connectivity index is 1.31. The zero-order valence-corrected chi connectivity index (χ0v) is 20.5. The SMILES string of the molecule is COC1CCN(Cc2ccnc(-c3ccc4c(c3)CN(C3CCC(=O)NC3=O)C4=O)c2)CC1(C)C. The van der Waals surface area contributed by atoms with Crippen LogP contribution >= 0.6 is 0 Å². The normalized spacial score (nSPS) is 24.4. The zero-order chi connectivity index (χ0) is 24.7. The lowest BCUT2D eigenvalue weighted by molar-refractivity contribution is -0.136. The number of likely N-dealkylation sites (tertiary alicyclic amines) is 1. The fourth-order valence-electron chi connectivity index (χ4n) is 5.74. The number of imide groups is 1. The monoisotopic (exact) mass is 476 g/mol. The minimum atomic E-state index is -0.607. The molecule has 3 aliphatic heterocycles. The van der Waals surface area contributed by atoms with Crippen LogP contribution in [0.2, 0.25) is 0 Å². The van der Waals surface area contributed by atoms with Crippen LogP contribution in [0.3, 0.4) is 0 Å². The van der Waals surface area contributed by atoms with E-state index in [1.807, 2.05) is 24.4 Å². The summed E-state index contributed by atoms with van der Waals surface area (Å²) in [6.45, 7) is 7.70. The van der Waals surface area contributed by atoms with Gasteiger partial charge in [-0.2, -0.15) is 0 Å². The van der Waals surface area contributed by atoms with E-state index in [1.165, 1.54) is 5.56 Å². The highest BCUT2D eigenvalue weighted by atomic mass is 16.5. The second-order valence-corrected chi connectivity index (χ2v) is 10.5. The molecule has 184 valence electrons. The summed E-state index contributed by atoms with van der Waals surface area (Å²) in [7, 11) is 1.80. The molecule has 0 aliphatic carbocycles. The van der Waals surface area contributed by atoms with Crippen molar-refractivity contribution in [2.45, 2.75) is 58.3 Å². The highest BCUT2D eigenvalue weighted by Crippen LogP contribution is 2.33. The molecule has 2 fully saturated rings. The van der Waals surface area contributed by atoms with Crippen molar-refractivity contribution in [3.05, 3.63) is 53.2 Å². The van der Waals surface area contributed by atoms with Crippen LogP contribution in [0.25, 0.3) is 11.3 Å². The Kier molecular flexibility index (Phi) is 6.19. The van der Waals surface area contributed by atoms with Gasteiger partial charge in [-0.1, -0.05) is 19.9 Å². The summed E-state index contributed by atoms with van der Waals surface area (Å²) in [5.74, 6) is -0.838. The standard InChI is InChI=1S/C27H32N4O4/c1-27(2)16-30(11-9-23(27)35-3)14-17-8-10-28-21(12-17)18-4-5-20-19(13-18)15-31(26(20)34)22-6-7-24(32)29-25(22)33/h4-5,8,10,12-13,22-23H,6-7,9,11,14-16H2,1-3H3,(H,29,32,33). The van der Waals surface area contributed by atoms with Crippen LogP contribution in [0.1, 0.15) is 54.6 Å². The lowest BCUT2D eigenvalue weighted by Gasteiger charge is -2.43. The number of hydrogen-bond donors (Lipinski definition) is 1. The van der Waals surface area contributed by atoms with Crippen molar-refractivity contribution in [3.8, 4) is 11.3 Å². The molecular weight excluding hydrogens is 444 g/mol. The maximum atomic E-state index is 13.0. The predicted octanol–water partition coefficient (Wildman–Crippen LogP) is 2.76. The molecule has 8 heteroatoms. The minimum absolute atomic E-state index is 0.101. The van der Waals surface area contributed by atoms with E-state index in [0.29, 0.717) is 18.5 Å². The van der Waals surface area contributed by atoms with Gasteiger partial charge in [-0.15, -0.1) is 0 Å². The molecular formula is C27H32N4O4. The number of aromatic nitrogens is 1. The summed E-state index contributed by atoms with van der Waals surface area (Å²) in [6, 6.07) is 9.31. The summed E-state index contributed by atoms with van der Waals surface area (Å²) in [5.41, 5.74) is 4.60. The molecule has 0 bridgehead atoms. The average Bonchev–Trinajstić information content (AvgIpc) is 3.14. The van der Waals surface area contributed by atoms with E-state index in [-0.39, 0.29) is 29.8 Å². The van der Waals surface area contributed by atoms with Crippen molar-refractivity contribution in [2.75, 3.05) is 20.2 Å². The number of hydrogen-bond acceptors (Lipinski definition) is 6. The number of rotatable bonds is 5. The van der Waals surface area contributed by atoms with Gasteiger partial charge in [0.25, 0.3) is 5.91 Å². The van der Waals surface area contributed by atoms with Crippen molar-refractivity contribution >= 4 is 17.7 Å². The van der Waals surface area contributed by atoms with Gasteiger partial charge in [-0.25, -0.2) is 0 Å². The van der Waals surface area contributed by atoms with Gasteiger partial charge in [0.05, 0.1) is 11.8 Å². The van der Waals surface area contributed by atoms with E-state index < -0.39 is 11.9 Å². The topological polar surface area (TPSA) is 91.8 Å². The number of methoxy groups -OCH3 is 1. The molecule has 0 spiro atoms. The summed E-state index contributed by atoms with van der Waals surface area (Å²) >= 11 is 0. The molecule has 3 amide bonds. The summed E-state index contributed by atoms with van der Waals surface area (Å²) in [6.07, 6.45) is 3.74. The second kappa shape index (κ2) is 9.17. The first-order valence-electron chi connectivity index (χ1n) is 12.2. The lowest BCUT2D eigenvalue weighted by Crippen LogP contribution is -2.52. The Labute approximate surface area is 205 Å². The molecule has 1 aromatic heterocycles. The molecule has 0 radical (unpaired) electrons. The first-order chi connectivity index (χ1) is 16.7. The highest BCUT2D eigenvalue weighted by molar-refractivity contribution is 6.05. The van der Waals surface area contributed by atoms with Crippen molar-refractivity contribution in [2.24, 2.45) is 5.41 Å². The van der Waals surface area contributed by atoms with Gasteiger partial charge in [-0.05, 0) is 48.2 Å². The molecule has 2 unspecified atom stereocenters. The molecule has 5 rings (SSSR count). The average molecular weight is 477 g/mol. The number of piperidine rings is 2. The molecule has 35 heavy (non-hydrogen) atoms. The molecule has 8 nitrogen and oxygen atoms in total. The van der Waals surface area contributed by atoms with Crippen molar-refractivity contribution < 1.29 is 19.1 Å². The third-order valence-electron chi connectivity index (χ3n) is 7.54. The number of carbonyl (C=O) groups is 3. The Bertz CT molecular complexity index is 1180. The van der Waals surface area contributed by atoms with Crippen LogP contribution < -0.4 is 5.32 Å². The molecule has 1 N–H and O–H groups in total. The number of amides is 3. The fourth-order valence-corrected chi connectivity index (χ4v) is 5.74. The Morgan fingerprint density at radius 1 is 1.14 bits per heavy atom. The first-order valence-corrected chi connectivity index (χ1v) is 12.2. The summed E-state index contributed by atoms with van der Waals surface area (Å²) in [5, 5.41) is 2.35. The van der Waals surface area contributed by atoms with Gasteiger partial charge >= 0.3 is 0 Å². The van der Waals surface area contributed by atoms with E-state index in [4.69, 9.17) is 4.74 Å². The number of nitrogens with one attached hydrogen (secondary N) is 1. The van der Waals surface area contributed by atoms with E-state index >= 15 is 0 Å². The van der Waals surface area contributed by atoms with Gasteiger partial charge in [0.2, 0.25) is 11.8 Å². The predicted molar refractivity (Wildman–Crippen MR) is 130 cm³/mol. The van der Waals surface area contributed by atoms with Gasteiger partial charge in [-0.3, -0.25) is 29.6 Å². The van der Waals surface area contributed by atoms with Crippen LogP contribution in [-0.2, 0) is 27.4 Å². The second-order valence-electron chi connectivity index (χ2n) is 10.5. The van der Waals surface area contributed by atoms with E-state index in [9.17, 15) is 14.4 Å². The van der Waals surface area contributed by atoms with Crippen LogP contribution in [0.4, 0.5) is 0 Å². The number of benzene rings is 1. The molecule has 1 aromatic carbocycles. The molecule has 2 saturated heterocycles. The van der Waals surface area contributed by atoms with E-state index in [0.717, 1.165) is 42.9 Å². The zero-order valence-electron chi connectivity index (χ0n) is 20.5. The smallest absolute Gasteiger partial charge is 0.255 e. The Hall–Kier alpha value is -3.10. The number of carbonyl (C=O) groups excluding carboxylic acids is 3. The minimum Gasteiger partial charge on any atom is -0.381 e. The van der Waals surface area contributed by atoms with Crippen molar-refractivity contribution in [3.63, 3.8) is 0 Å². The van der Waals surface area contributed by atoms with Crippen LogP contribution in [0, 0.1) is 5.41 Å². The molecule has 0 saturated carbocycles. The van der Waals surface area contributed by atoms with E-state index in [2.05, 4.69) is 41.2 Å². The Morgan fingerprint density at radius 2 is 1.97 bits per heavy atom. The van der Waals surface area contributed by atoms with Gasteiger partial charge in [0, 0.05) is 62.4 Å². The number of nitrogens with zero attached hydrogens (tertiary/aromatic N) is 3. The number of fused-ring (bicyclic) bond motifs is 1. The molecule has 2 atom stereocenters. The van der Waals surface area contributed by atoms with Gasteiger partial charge in [0.15, 0.2) is 0 Å².